The van der Waals surface area contributed by atoms with Crippen LogP contribution in [0, 0.1) is 6.92 Å². The number of carbonyl (C=O) groups excluding carboxylic acids is 1. The van der Waals surface area contributed by atoms with Gasteiger partial charge in [0.1, 0.15) is 0 Å². The lowest BCUT2D eigenvalue weighted by molar-refractivity contribution is 0.261. The number of aryl methyl sites for hydroxylation is 1. The van der Waals surface area contributed by atoms with Crippen LogP contribution in [0.15, 0.2) is 23.6 Å². The second-order valence-corrected chi connectivity index (χ2v) is 8.24. The van der Waals surface area contributed by atoms with Gasteiger partial charge in [-0.3, -0.25) is 10.2 Å². The summed E-state index contributed by atoms with van der Waals surface area (Å²) in [5.74, 6) is 0. The predicted octanol–water partition coefficient (Wildman–Crippen LogP) is 4.55. The Morgan fingerprint density at radius 1 is 1.28 bits per heavy atom. The largest absolute Gasteiger partial charge is 0.325 e. The number of anilines is 2. The van der Waals surface area contributed by atoms with Crippen LogP contribution < -0.4 is 10.6 Å². The first-order chi connectivity index (χ1) is 11.9. The van der Waals surface area contributed by atoms with E-state index in [-0.39, 0.29) is 6.03 Å². The number of thiazole rings is 2. The summed E-state index contributed by atoms with van der Waals surface area (Å²) in [5.41, 5.74) is 2.57. The number of nitrogens with zero attached hydrogens (tertiary/aromatic N) is 3. The molecule has 1 aromatic carbocycles. The van der Waals surface area contributed by atoms with Gasteiger partial charge in [0, 0.05) is 23.7 Å². The number of fused-ring (bicyclic) bond motifs is 1. The van der Waals surface area contributed by atoms with Gasteiger partial charge in [0.25, 0.3) is 0 Å². The quantitative estimate of drug-likeness (QED) is 0.686. The van der Waals surface area contributed by atoms with E-state index in [1.807, 2.05) is 30.5 Å². The summed E-state index contributed by atoms with van der Waals surface area (Å²) in [6, 6.07) is 5.88. The molecule has 2 heterocycles. The topological polar surface area (TPSA) is 70.1 Å². The first-order valence-electron chi connectivity index (χ1n) is 8.00. The molecule has 0 atom stereocenters. The van der Waals surface area contributed by atoms with Crippen molar-refractivity contribution in [3.63, 3.8) is 0 Å². The number of hydrogen-bond donors (Lipinski definition) is 2. The smallest absolute Gasteiger partial charge is 0.308 e. The van der Waals surface area contributed by atoms with Gasteiger partial charge in [-0.2, -0.15) is 0 Å². The molecule has 0 saturated heterocycles. The fraction of sp³-hybridized carbons (Fsp3) is 0.353. The zero-order valence-corrected chi connectivity index (χ0v) is 16.3. The molecule has 0 aliphatic rings. The highest BCUT2D eigenvalue weighted by Crippen LogP contribution is 2.24. The van der Waals surface area contributed by atoms with Crippen LogP contribution in [-0.4, -0.2) is 34.0 Å². The number of carbonyl (C=O) groups is 1. The van der Waals surface area contributed by atoms with Crippen LogP contribution in [0.25, 0.3) is 10.2 Å². The summed E-state index contributed by atoms with van der Waals surface area (Å²) >= 11 is 3.07. The maximum Gasteiger partial charge on any atom is 0.325 e. The van der Waals surface area contributed by atoms with Gasteiger partial charge in [-0.25, -0.2) is 14.8 Å². The van der Waals surface area contributed by atoms with Crippen LogP contribution in [0.3, 0.4) is 0 Å². The highest BCUT2D eigenvalue weighted by molar-refractivity contribution is 7.18. The van der Waals surface area contributed by atoms with E-state index in [9.17, 15) is 4.79 Å². The van der Waals surface area contributed by atoms with E-state index in [0.29, 0.717) is 16.9 Å². The number of rotatable bonds is 5. The van der Waals surface area contributed by atoms with Crippen LogP contribution >= 0.6 is 22.7 Å². The molecule has 25 heavy (non-hydrogen) atoms. The molecule has 0 saturated carbocycles. The van der Waals surface area contributed by atoms with E-state index in [4.69, 9.17) is 0 Å². The van der Waals surface area contributed by atoms with Gasteiger partial charge in [0.15, 0.2) is 5.13 Å². The first kappa shape index (κ1) is 17.8. The normalized spacial score (nSPS) is 11.4. The number of amides is 2. The molecule has 2 N–H and O–H groups in total. The average molecular weight is 376 g/mol. The molecule has 8 heteroatoms. The van der Waals surface area contributed by atoms with Crippen LogP contribution in [0.2, 0.25) is 0 Å². The van der Waals surface area contributed by atoms with E-state index < -0.39 is 0 Å². The monoisotopic (exact) mass is 375 g/mol. The molecule has 132 valence electrons. The maximum atomic E-state index is 12.2. The number of urea groups is 1. The third-order valence-corrected chi connectivity index (χ3v) is 5.58. The molecule has 0 radical (unpaired) electrons. The van der Waals surface area contributed by atoms with Crippen molar-refractivity contribution in [3.05, 3.63) is 34.3 Å². The lowest BCUT2D eigenvalue weighted by Gasteiger charge is -2.19. The van der Waals surface area contributed by atoms with Crippen molar-refractivity contribution in [2.24, 2.45) is 0 Å². The lowest BCUT2D eigenvalue weighted by atomic mass is 10.3. The molecular formula is C17H21N5OS2. The Hall–Kier alpha value is -2.03. The molecule has 0 aliphatic carbocycles. The number of aromatic nitrogens is 2. The number of benzene rings is 1. The minimum atomic E-state index is -0.301. The fourth-order valence-electron chi connectivity index (χ4n) is 2.25. The summed E-state index contributed by atoms with van der Waals surface area (Å²) < 4.78 is 1.11. The van der Waals surface area contributed by atoms with Crippen molar-refractivity contribution < 1.29 is 4.79 Å². The van der Waals surface area contributed by atoms with E-state index in [1.165, 1.54) is 11.3 Å². The van der Waals surface area contributed by atoms with Gasteiger partial charge in [-0.15, -0.1) is 22.7 Å². The van der Waals surface area contributed by atoms with Crippen LogP contribution in [0.1, 0.15) is 24.5 Å². The minimum absolute atomic E-state index is 0.301. The molecule has 2 amide bonds. The Morgan fingerprint density at radius 3 is 2.84 bits per heavy atom. The Morgan fingerprint density at radius 2 is 2.08 bits per heavy atom. The standard InChI is InChI=1S/C17H21N5OS2/c1-10(2)22(4)8-13-9-24-17(20-13)21-16(23)19-12-5-6-15-14(7-12)18-11(3)25-15/h5-7,9-10H,8H2,1-4H3,(H2,19,20,21,23). The molecule has 2 aromatic heterocycles. The Kier molecular flexibility index (Phi) is 5.31. The Balaban J connectivity index is 1.61. The maximum absolute atomic E-state index is 12.2. The van der Waals surface area contributed by atoms with Crippen molar-refractivity contribution in [3.8, 4) is 0 Å². The van der Waals surface area contributed by atoms with Gasteiger partial charge in [-0.1, -0.05) is 0 Å². The Labute approximate surface area is 154 Å². The highest BCUT2D eigenvalue weighted by Gasteiger charge is 2.10. The molecule has 0 bridgehead atoms. The molecule has 0 spiro atoms. The third-order valence-electron chi connectivity index (χ3n) is 3.82. The average Bonchev–Trinajstić information content (AvgIpc) is 3.11. The SMILES string of the molecule is Cc1nc2cc(NC(=O)Nc3nc(CN(C)C(C)C)cs3)ccc2s1. The Bertz CT molecular complexity index is 886. The molecule has 3 rings (SSSR count). The van der Waals surface area contributed by atoms with E-state index in [0.717, 1.165) is 27.5 Å². The predicted molar refractivity (Wildman–Crippen MR) is 106 cm³/mol. The van der Waals surface area contributed by atoms with E-state index in [1.54, 1.807) is 11.3 Å². The highest BCUT2D eigenvalue weighted by atomic mass is 32.1. The third kappa shape index (κ3) is 4.53. The van der Waals surface area contributed by atoms with Gasteiger partial charge >= 0.3 is 6.03 Å². The van der Waals surface area contributed by atoms with Gasteiger partial charge in [-0.05, 0) is 46.0 Å². The molecule has 0 aliphatic heterocycles. The lowest BCUT2D eigenvalue weighted by Crippen LogP contribution is -2.25. The van der Waals surface area contributed by atoms with Crippen molar-refractivity contribution >= 4 is 49.7 Å². The zero-order valence-electron chi connectivity index (χ0n) is 14.7. The second-order valence-electron chi connectivity index (χ2n) is 6.15. The van der Waals surface area contributed by atoms with Crippen molar-refractivity contribution in [2.75, 3.05) is 17.7 Å². The van der Waals surface area contributed by atoms with Crippen molar-refractivity contribution in [1.82, 2.24) is 14.9 Å². The molecule has 6 nitrogen and oxygen atoms in total. The molecule has 0 unspecified atom stereocenters. The van der Waals surface area contributed by atoms with Crippen LogP contribution in [0.4, 0.5) is 15.6 Å². The van der Waals surface area contributed by atoms with E-state index >= 15 is 0 Å². The van der Waals surface area contributed by atoms with Gasteiger partial charge in [0.2, 0.25) is 0 Å². The second kappa shape index (κ2) is 7.47. The summed E-state index contributed by atoms with van der Waals surface area (Å²) in [4.78, 5) is 23.3. The van der Waals surface area contributed by atoms with E-state index in [2.05, 4.69) is 46.4 Å². The van der Waals surface area contributed by atoms with Gasteiger partial charge < -0.3 is 5.32 Å². The molecule has 3 aromatic rings. The summed E-state index contributed by atoms with van der Waals surface area (Å²) in [5, 5.41) is 9.19. The number of nitrogens with one attached hydrogen (secondary N) is 2. The summed E-state index contributed by atoms with van der Waals surface area (Å²) in [6.07, 6.45) is 0. The molecular weight excluding hydrogens is 354 g/mol. The summed E-state index contributed by atoms with van der Waals surface area (Å²) in [7, 11) is 2.06. The summed E-state index contributed by atoms with van der Waals surface area (Å²) in [6.45, 7) is 7.01. The van der Waals surface area contributed by atoms with Crippen molar-refractivity contribution in [2.45, 2.75) is 33.4 Å². The fourth-order valence-corrected chi connectivity index (χ4v) is 3.76. The minimum Gasteiger partial charge on any atom is -0.308 e. The molecule has 0 fully saturated rings. The van der Waals surface area contributed by atoms with Gasteiger partial charge in [0.05, 0.1) is 20.9 Å². The zero-order chi connectivity index (χ0) is 18.0. The first-order valence-corrected chi connectivity index (χ1v) is 9.70. The van der Waals surface area contributed by atoms with Crippen LogP contribution in [0.5, 0.6) is 0 Å². The number of hydrogen-bond acceptors (Lipinski definition) is 6. The van der Waals surface area contributed by atoms with Crippen LogP contribution in [-0.2, 0) is 6.54 Å². The van der Waals surface area contributed by atoms with Crippen molar-refractivity contribution in [1.29, 1.82) is 0 Å².